The predicted octanol–water partition coefficient (Wildman–Crippen LogP) is 0.969. The highest BCUT2D eigenvalue weighted by Gasteiger charge is 2.31. The minimum atomic E-state index is -0.0188. The molecule has 1 aliphatic heterocycles. The van der Waals surface area contributed by atoms with Gasteiger partial charge in [0, 0.05) is 18.9 Å². The van der Waals surface area contributed by atoms with Crippen LogP contribution in [-0.2, 0) is 4.79 Å². The standard InChI is InChI=1S/C10H10N2O2/c1-3-8-4-9(13)12(5-8)10-11-7(2)6-14-10/h1,6,8H,4-5H2,2H3. The second kappa shape index (κ2) is 3.18. The molecule has 0 spiro atoms. The maximum atomic E-state index is 11.5. The molecule has 1 aromatic heterocycles. The second-order valence-corrected chi connectivity index (χ2v) is 3.34. The lowest BCUT2D eigenvalue weighted by Crippen LogP contribution is -2.24. The molecule has 1 atom stereocenters. The molecule has 72 valence electrons. The molecule has 1 fully saturated rings. The highest BCUT2D eigenvalue weighted by molar-refractivity contribution is 5.94. The number of anilines is 1. The minimum Gasteiger partial charge on any atom is -0.431 e. The van der Waals surface area contributed by atoms with Crippen LogP contribution in [0.3, 0.4) is 0 Å². The van der Waals surface area contributed by atoms with Gasteiger partial charge in [0.2, 0.25) is 5.91 Å². The molecule has 1 aliphatic rings. The van der Waals surface area contributed by atoms with Gasteiger partial charge in [-0.25, -0.2) is 0 Å². The monoisotopic (exact) mass is 190 g/mol. The Morgan fingerprint density at radius 1 is 1.79 bits per heavy atom. The number of aromatic nitrogens is 1. The summed E-state index contributed by atoms with van der Waals surface area (Å²) in [6.45, 7) is 2.32. The number of hydrogen-bond acceptors (Lipinski definition) is 3. The number of oxazole rings is 1. The van der Waals surface area contributed by atoms with Gasteiger partial charge in [-0.05, 0) is 6.92 Å². The third kappa shape index (κ3) is 1.37. The van der Waals surface area contributed by atoms with E-state index in [1.54, 1.807) is 0 Å². The van der Waals surface area contributed by atoms with Gasteiger partial charge in [-0.1, -0.05) is 0 Å². The van der Waals surface area contributed by atoms with Crippen LogP contribution < -0.4 is 4.90 Å². The van der Waals surface area contributed by atoms with Crippen molar-refractivity contribution in [3.63, 3.8) is 0 Å². The molecule has 1 saturated heterocycles. The van der Waals surface area contributed by atoms with Gasteiger partial charge in [-0.15, -0.1) is 12.3 Å². The van der Waals surface area contributed by atoms with E-state index in [0.717, 1.165) is 5.69 Å². The fourth-order valence-electron chi connectivity index (χ4n) is 1.47. The Morgan fingerprint density at radius 3 is 3.07 bits per heavy atom. The predicted molar refractivity (Wildman–Crippen MR) is 50.5 cm³/mol. The lowest BCUT2D eigenvalue weighted by atomic mass is 10.1. The van der Waals surface area contributed by atoms with Gasteiger partial charge in [0.25, 0.3) is 0 Å². The Bertz CT molecular complexity index is 402. The average Bonchev–Trinajstić information content (AvgIpc) is 2.71. The maximum Gasteiger partial charge on any atom is 0.304 e. The zero-order valence-corrected chi connectivity index (χ0v) is 7.86. The number of terminal acetylenes is 1. The first kappa shape index (κ1) is 8.82. The first-order valence-electron chi connectivity index (χ1n) is 4.39. The maximum absolute atomic E-state index is 11.5. The molecule has 0 aromatic carbocycles. The van der Waals surface area contributed by atoms with E-state index in [4.69, 9.17) is 10.8 Å². The molecule has 0 saturated carbocycles. The molecule has 4 heteroatoms. The van der Waals surface area contributed by atoms with Gasteiger partial charge in [0.05, 0.1) is 5.69 Å². The van der Waals surface area contributed by atoms with E-state index in [9.17, 15) is 4.79 Å². The third-order valence-corrected chi connectivity index (χ3v) is 2.20. The number of carbonyl (C=O) groups excluding carboxylic acids is 1. The number of aryl methyl sites for hydroxylation is 1. The number of nitrogens with zero attached hydrogens (tertiary/aromatic N) is 2. The molecule has 2 rings (SSSR count). The number of carbonyl (C=O) groups is 1. The van der Waals surface area contributed by atoms with E-state index in [-0.39, 0.29) is 11.8 Å². The first-order chi connectivity index (χ1) is 6.70. The van der Waals surface area contributed by atoms with Gasteiger partial charge in [-0.3, -0.25) is 9.69 Å². The summed E-state index contributed by atoms with van der Waals surface area (Å²) in [5.74, 6) is 2.53. The van der Waals surface area contributed by atoms with E-state index in [2.05, 4.69) is 10.9 Å². The van der Waals surface area contributed by atoms with Gasteiger partial charge in [0.15, 0.2) is 0 Å². The average molecular weight is 190 g/mol. The van der Waals surface area contributed by atoms with Crippen molar-refractivity contribution in [2.45, 2.75) is 13.3 Å². The molecule has 0 bridgehead atoms. The van der Waals surface area contributed by atoms with Crippen molar-refractivity contribution in [1.29, 1.82) is 0 Å². The van der Waals surface area contributed by atoms with Crippen LogP contribution in [0.1, 0.15) is 12.1 Å². The lowest BCUT2D eigenvalue weighted by Gasteiger charge is -2.09. The second-order valence-electron chi connectivity index (χ2n) is 3.34. The summed E-state index contributed by atoms with van der Waals surface area (Å²) >= 11 is 0. The fraction of sp³-hybridized carbons (Fsp3) is 0.400. The summed E-state index contributed by atoms with van der Waals surface area (Å²) in [5.41, 5.74) is 0.761. The van der Waals surface area contributed by atoms with E-state index in [1.165, 1.54) is 11.2 Å². The van der Waals surface area contributed by atoms with Crippen LogP contribution >= 0.6 is 0 Å². The van der Waals surface area contributed by atoms with Crippen LogP contribution in [0.25, 0.3) is 0 Å². The Balaban J connectivity index is 2.21. The van der Waals surface area contributed by atoms with Crippen molar-refractivity contribution in [3.05, 3.63) is 12.0 Å². The van der Waals surface area contributed by atoms with Crippen molar-refractivity contribution in [2.75, 3.05) is 11.4 Å². The van der Waals surface area contributed by atoms with Crippen LogP contribution in [-0.4, -0.2) is 17.4 Å². The van der Waals surface area contributed by atoms with Crippen molar-refractivity contribution >= 4 is 11.9 Å². The van der Waals surface area contributed by atoms with Crippen molar-refractivity contribution in [2.24, 2.45) is 5.92 Å². The van der Waals surface area contributed by atoms with Crippen molar-refractivity contribution in [3.8, 4) is 12.3 Å². The Hall–Kier alpha value is -1.76. The number of rotatable bonds is 1. The fourth-order valence-corrected chi connectivity index (χ4v) is 1.47. The Labute approximate surface area is 81.9 Å². The van der Waals surface area contributed by atoms with Crippen LogP contribution in [0.2, 0.25) is 0 Å². The van der Waals surface area contributed by atoms with Crippen LogP contribution in [0, 0.1) is 25.2 Å². The minimum absolute atomic E-state index is 0.0187. The van der Waals surface area contributed by atoms with Gasteiger partial charge in [0.1, 0.15) is 6.26 Å². The van der Waals surface area contributed by atoms with Gasteiger partial charge < -0.3 is 4.42 Å². The number of amides is 1. The van der Waals surface area contributed by atoms with E-state index in [1.807, 2.05) is 6.92 Å². The molecule has 14 heavy (non-hydrogen) atoms. The molecular formula is C10H10N2O2. The third-order valence-electron chi connectivity index (χ3n) is 2.20. The molecule has 1 aromatic rings. The highest BCUT2D eigenvalue weighted by atomic mass is 16.4. The van der Waals surface area contributed by atoms with Crippen LogP contribution in [0.15, 0.2) is 10.7 Å². The van der Waals surface area contributed by atoms with E-state index < -0.39 is 0 Å². The molecule has 1 unspecified atom stereocenters. The summed E-state index contributed by atoms with van der Waals surface area (Å²) in [4.78, 5) is 17.1. The summed E-state index contributed by atoms with van der Waals surface area (Å²) in [6.07, 6.45) is 7.17. The zero-order chi connectivity index (χ0) is 10.1. The summed E-state index contributed by atoms with van der Waals surface area (Å²) in [5, 5.41) is 0. The van der Waals surface area contributed by atoms with Crippen LogP contribution in [0.4, 0.5) is 6.01 Å². The van der Waals surface area contributed by atoms with Crippen LogP contribution in [0.5, 0.6) is 0 Å². The molecule has 2 heterocycles. The summed E-state index contributed by atoms with van der Waals surface area (Å²) in [7, 11) is 0. The summed E-state index contributed by atoms with van der Waals surface area (Å²) in [6, 6.07) is 0.352. The molecule has 4 nitrogen and oxygen atoms in total. The Morgan fingerprint density at radius 2 is 2.57 bits per heavy atom. The normalized spacial score (nSPS) is 21.3. The van der Waals surface area contributed by atoms with Gasteiger partial charge in [-0.2, -0.15) is 4.98 Å². The zero-order valence-electron chi connectivity index (χ0n) is 7.86. The lowest BCUT2D eigenvalue weighted by molar-refractivity contribution is -0.117. The molecular weight excluding hydrogens is 180 g/mol. The largest absolute Gasteiger partial charge is 0.431 e. The first-order valence-corrected chi connectivity index (χ1v) is 4.39. The molecule has 0 aliphatic carbocycles. The van der Waals surface area contributed by atoms with E-state index >= 15 is 0 Å². The number of hydrogen-bond donors (Lipinski definition) is 0. The van der Waals surface area contributed by atoms with Crippen molar-refractivity contribution in [1.82, 2.24) is 4.98 Å². The molecule has 1 amide bonds. The Kier molecular flexibility index (Phi) is 2.01. The van der Waals surface area contributed by atoms with Gasteiger partial charge >= 0.3 is 6.01 Å². The topological polar surface area (TPSA) is 46.3 Å². The quantitative estimate of drug-likeness (QED) is 0.620. The highest BCUT2D eigenvalue weighted by Crippen LogP contribution is 2.23. The van der Waals surface area contributed by atoms with E-state index in [0.29, 0.717) is 19.0 Å². The SMILES string of the molecule is C#CC1CC(=O)N(c2nc(C)co2)C1. The summed E-state index contributed by atoms with van der Waals surface area (Å²) < 4.78 is 5.14. The van der Waals surface area contributed by atoms with Crippen molar-refractivity contribution < 1.29 is 9.21 Å². The smallest absolute Gasteiger partial charge is 0.304 e. The molecule has 0 N–H and O–H groups in total. The molecule has 0 radical (unpaired) electrons.